The summed E-state index contributed by atoms with van der Waals surface area (Å²) < 4.78 is 0.843. The lowest BCUT2D eigenvalue weighted by atomic mass is 9.64. The third-order valence-corrected chi connectivity index (χ3v) is 9.05. The molecule has 1 amide bonds. The van der Waals surface area contributed by atoms with E-state index in [-0.39, 0.29) is 17.5 Å². The summed E-state index contributed by atoms with van der Waals surface area (Å²) in [6, 6.07) is 28.4. The molecule has 1 fully saturated rings. The van der Waals surface area contributed by atoms with E-state index in [2.05, 4.69) is 27.3 Å². The summed E-state index contributed by atoms with van der Waals surface area (Å²) in [5.74, 6) is -1.66. The molecule has 1 spiro atoms. The second kappa shape index (κ2) is 9.14. The summed E-state index contributed by atoms with van der Waals surface area (Å²) >= 11 is 3.46. The van der Waals surface area contributed by atoms with E-state index in [1.54, 1.807) is 24.3 Å². The fraction of sp³-hybridized carbons (Fsp3) is 0.147. The lowest BCUT2D eigenvalue weighted by Crippen LogP contribution is -2.51. The highest BCUT2D eigenvalue weighted by Crippen LogP contribution is 2.58. The molecule has 3 heterocycles. The van der Waals surface area contributed by atoms with Crippen molar-refractivity contribution >= 4 is 50.9 Å². The van der Waals surface area contributed by atoms with Gasteiger partial charge in [0, 0.05) is 27.0 Å². The summed E-state index contributed by atoms with van der Waals surface area (Å²) in [5, 5.41) is 3.07. The zero-order chi connectivity index (χ0) is 27.6. The van der Waals surface area contributed by atoms with Gasteiger partial charge in [-0.05, 0) is 48.4 Å². The molecule has 4 aromatic carbocycles. The first-order valence-corrected chi connectivity index (χ1v) is 14.1. The Morgan fingerprint density at radius 1 is 0.850 bits per heavy atom. The van der Waals surface area contributed by atoms with Crippen LogP contribution in [-0.4, -0.2) is 29.6 Å². The Kier molecular flexibility index (Phi) is 5.65. The van der Waals surface area contributed by atoms with Gasteiger partial charge in [0.25, 0.3) is 0 Å². The van der Waals surface area contributed by atoms with E-state index >= 15 is 0 Å². The van der Waals surface area contributed by atoms with Crippen molar-refractivity contribution in [2.75, 3.05) is 10.2 Å². The largest absolute Gasteiger partial charge is 0.352 e. The standard InChI is InChI=1S/C34H25BrN2O3/c1-20-11-17-27-23(19-20)14-18-28-34(25-9-5-6-10-26(25)36-33(34)40)29(31(38)22-12-15-24(35)16-13-22)30(37(27)28)32(39)21-7-3-2-4-8-21/h2-19,28-30H,1H3,(H,36,40)/t28-,29-,30-,34+/m0/s1. The number of nitrogens with one attached hydrogen (secondary N) is 1. The molecule has 0 saturated carbocycles. The van der Waals surface area contributed by atoms with E-state index in [0.29, 0.717) is 16.8 Å². The minimum Gasteiger partial charge on any atom is -0.352 e. The van der Waals surface area contributed by atoms with Gasteiger partial charge in [0.15, 0.2) is 11.6 Å². The van der Waals surface area contributed by atoms with E-state index in [1.807, 2.05) is 90.7 Å². The van der Waals surface area contributed by atoms with Crippen LogP contribution in [0, 0.1) is 12.8 Å². The number of amides is 1. The number of fused-ring (bicyclic) bond motifs is 6. The van der Waals surface area contributed by atoms with Gasteiger partial charge in [-0.25, -0.2) is 0 Å². The Labute approximate surface area is 240 Å². The number of aryl methyl sites for hydroxylation is 1. The van der Waals surface area contributed by atoms with E-state index < -0.39 is 23.4 Å². The monoisotopic (exact) mass is 588 g/mol. The third-order valence-electron chi connectivity index (χ3n) is 8.53. The second-order valence-electron chi connectivity index (χ2n) is 10.7. The summed E-state index contributed by atoms with van der Waals surface area (Å²) in [6.07, 6.45) is 4.03. The van der Waals surface area contributed by atoms with E-state index in [0.717, 1.165) is 26.9 Å². The maximum Gasteiger partial charge on any atom is 0.238 e. The molecular formula is C34H25BrN2O3. The Morgan fingerprint density at radius 2 is 1.55 bits per heavy atom. The lowest BCUT2D eigenvalue weighted by Gasteiger charge is -2.37. The van der Waals surface area contributed by atoms with Crippen molar-refractivity contribution in [3.05, 3.63) is 135 Å². The number of hydrogen-bond acceptors (Lipinski definition) is 4. The third kappa shape index (κ3) is 3.42. The predicted molar refractivity (Wildman–Crippen MR) is 160 cm³/mol. The Morgan fingerprint density at radius 3 is 2.33 bits per heavy atom. The molecular weight excluding hydrogens is 564 g/mol. The van der Waals surface area contributed by atoms with Crippen LogP contribution in [0.1, 0.15) is 37.4 Å². The maximum absolute atomic E-state index is 14.7. The number of hydrogen-bond donors (Lipinski definition) is 1. The van der Waals surface area contributed by atoms with Crippen LogP contribution in [0.5, 0.6) is 0 Å². The van der Waals surface area contributed by atoms with Crippen LogP contribution >= 0.6 is 15.9 Å². The number of halogens is 1. The molecule has 1 N–H and O–H groups in total. The first kappa shape index (κ1) is 24.7. The number of rotatable bonds is 4. The van der Waals surface area contributed by atoms with Gasteiger partial charge < -0.3 is 10.2 Å². The van der Waals surface area contributed by atoms with Crippen LogP contribution in [0.25, 0.3) is 6.08 Å². The molecule has 40 heavy (non-hydrogen) atoms. The van der Waals surface area contributed by atoms with Crippen LogP contribution in [0.15, 0.2) is 108 Å². The highest BCUT2D eigenvalue weighted by Gasteiger charge is 2.70. The molecule has 6 heteroatoms. The maximum atomic E-state index is 14.7. The van der Waals surface area contributed by atoms with E-state index in [4.69, 9.17) is 0 Å². The van der Waals surface area contributed by atoms with Crippen LogP contribution in [0.3, 0.4) is 0 Å². The Balaban J connectivity index is 1.54. The first-order valence-electron chi connectivity index (χ1n) is 13.3. The normalized spacial score (nSPS) is 23.9. The van der Waals surface area contributed by atoms with Crippen molar-refractivity contribution in [2.45, 2.75) is 24.4 Å². The number of benzene rings is 4. The van der Waals surface area contributed by atoms with Gasteiger partial charge in [0.05, 0.1) is 12.0 Å². The van der Waals surface area contributed by atoms with E-state index in [9.17, 15) is 14.4 Å². The number of nitrogens with zero attached hydrogens (tertiary/aromatic N) is 1. The summed E-state index contributed by atoms with van der Waals surface area (Å²) in [7, 11) is 0. The lowest BCUT2D eigenvalue weighted by molar-refractivity contribution is -0.121. The molecule has 7 rings (SSSR count). The molecule has 3 aliphatic heterocycles. The zero-order valence-electron chi connectivity index (χ0n) is 21.7. The number of ketones is 2. The topological polar surface area (TPSA) is 66.5 Å². The Bertz CT molecular complexity index is 1730. The molecule has 4 atom stereocenters. The first-order chi connectivity index (χ1) is 19.4. The summed E-state index contributed by atoms with van der Waals surface area (Å²) in [6.45, 7) is 2.03. The van der Waals surface area contributed by atoms with Crippen LogP contribution in [0.2, 0.25) is 0 Å². The Hall–Kier alpha value is -4.29. The van der Waals surface area contributed by atoms with Crippen molar-refractivity contribution in [3.8, 4) is 0 Å². The molecule has 5 nitrogen and oxygen atoms in total. The minimum absolute atomic E-state index is 0.183. The molecule has 4 aromatic rings. The van der Waals surface area contributed by atoms with Crippen molar-refractivity contribution in [1.82, 2.24) is 0 Å². The zero-order valence-corrected chi connectivity index (χ0v) is 23.3. The number of carbonyl (C=O) groups excluding carboxylic acids is 3. The predicted octanol–water partition coefficient (Wildman–Crippen LogP) is 6.61. The highest BCUT2D eigenvalue weighted by atomic mass is 79.9. The smallest absolute Gasteiger partial charge is 0.238 e. The molecule has 0 bridgehead atoms. The minimum atomic E-state index is -1.31. The molecule has 0 unspecified atom stereocenters. The quantitative estimate of drug-likeness (QED) is 0.272. The van der Waals surface area contributed by atoms with Crippen LogP contribution in [0.4, 0.5) is 11.4 Å². The van der Waals surface area contributed by atoms with Crippen LogP contribution in [-0.2, 0) is 10.2 Å². The number of para-hydroxylation sites is 1. The molecule has 3 aliphatic rings. The fourth-order valence-corrected chi connectivity index (χ4v) is 7.13. The van der Waals surface area contributed by atoms with Crippen molar-refractivity contribution in [2.24, 2.45) is 5.92 Å². The fourth-order valence-electron chi connectivity index (χ4n) is 6.87. The molecule has 0 aromatic heterocycles. The molecule has 0 aliphatic carbocycles. The molecule has 1 saturated heterocycles. The second-order valence-corrected chi connectivity index (χ2v) is 11.6. The SMILES string of the molecule is Cc1ccc2c(c1)C=C[C@@H]1N2[C@H](C(=O)c2ccccc2)[C@@H](C(=O)c2ccc(Br)cc2)[C@]12C(=O)Nc1ccccc12. The van der Waals surface area contributed by atoms with Gasteiger partial charge in [-0.1, -0.05) is 100 Å². The average molecular weight is 589 g/mol. The highest BCUT2D eigenvalue weighted by molar-refractivity contribution is 9.10. The number of anilines is 2. The summed E-state index contributed by atoms with van der Waals surface area (Å²) in [4.78, 5) is 45.7. The van der Waals surface area contributed by atoms with Gasteiger partial charge in [-0.15, -0.1) is 0 Å². The van der Waals surface area contributed by atoms with E-state index in [1.165, 1.54) is 0 Å². The molecule has 196 valence electrons. The van der Waals surface area contributed by atoms with Crippen molar-refractivity contribution < 1.29 is 14.4 Å². The van der Waals surface area contributed by atoms with Gasteiger partial charge in [0.1, 0.15) is 11.5 Å². The van der Waals surface area contributed by atoms with Crippen molar-refractivity contribution in [1.29, 1.82) is 0 Å². The number of carbonyl (C=O) groups is 3. The molecule has 0 radical (unpaired) electrons. The van der Waals surface area contributed by atoms with Gasteiger partial charge >= 0.3 is 0 Å². The summed E-state index contributed by atoms with van der Waals surface area (Å²) in [5.41, 5.74) is 3.97. The average Bonchev–Trinajstić information content (AvgIpc) is 3.45. The van der Waals surface area contributed by atoms with Gasteiger partial charge in [-0.2, -0.15) is 0 Å². The van der Waals surface area contributed by atoms with Crippen molar-refractivity contribution in [3.63, 3.8) is 0 Å². The van der Waals surface area contributed by atoms with Gasteiger partial charge in [0.2, 0.25) is 5.91 Å². The van der Waals surface area contributed by atoms with Crippen LogP contribution < -0.4 is 10.2 Å². The van der Waals surface area contributed by atoms with Gasteiger partial charge in [-0.3, -0.25) is 14.4 Å². The number of Topliss-reactive ketones (excluding diaryl/α,β-unsaturated/α-hetero) is 2.